The van der Waals surface area contributed by atoms with Crippen molar-refractivity contribution in [3.63, 3.8) is 0 Å². The van der Waals surface area contributed by atoms with E-state index in [1.807, 2.05) is 0 Å². The molecule has 0 aliphatic heterocycles. The topological polar surface area (TPSA) is 9.23 Å². The lowest BCUT2D eigenvalue weighted by Gasteiger charge is -2.31. The molecular formula is C11H21ClO. The summed E-state index contributed by atoms with van der Waals surface area (Å²) < 4.78 is 5.74. The molecule has 0 spiro atoms. The molecule has 0 bridgehead atoms. The van der Waals surface area contributed by atoms with E-state index >= 15 is 0 Å². The van der Waals surface area contributed by atoms with Gasteiger partial charge in [-0.25, -0.2) is 0 Å². The third-order valence-electron chi connectivity index (χ3n) is 2.49. The fourth-order valence-corrected chi connectivity index (χ4v) is 2.35. The molecule has 0 saturated heterocycles. The molecule has 0 radical (unpaired) electrons. The van der Waals surface area contributed by atoms with E-state index in [9.17, 15) is 0 Å². The third kappa shape index (κ3) is 4.33. The van der Waals surface area contributed by atoms with Gasteiger partial charge in [0.2, 0.25) is 0 Å². The van der Waals surface area contributed by atoms with Gasteiger partial charge < -0.3 is 4.74 Å². The van der Waals surface area contributed by atoms with Crippen molar-refractivity contribution in [3.8, 4) is 0 Å². The van der Waals surface area contributed by atoms with E-state index in [1.165, 1.54) is 32.1 Å². The number of alkyl halides is 1. The Morgan fingerprint density at radius 1 is 1.15 bits per heavy atom. The van der Waals surface area contributed by atoms with Crippen molar-refractivity contribution in [2.45, 2.75) is 64.0 Å². The van der Waals surface area contributed by atoms with E-state index in [4.69, 9.17) is 16.3 Å². The van der Waals surface area contributed by atoms with E-state index in [2.05, 4.69) is 20.8 Å². The van der Waals surface area contributed by atoms with E-state index < -0.39 is 0 Å². The lowest BCUT2D eigenvalue weighted by atomic mass is 9.89. The first kappa shape index (κ1) is 11.3. The molecule has 1 saturated carbocycles. The molecule has 1 atom stereocenters. The van der Waals surface area contributed by atoms with Crippen LogP contribution in [0.1, 0.15) is 52.9 Å². The van der Waals surface area contributed by atoms with Gasteiger partial charge in [0.1, 0.15) is 5.56 Å². The van der Waals surface area contributed by atoms with Crippen LogP contribution in [-0.4, -0.2) is 11.2 Å². The zero-order valence-electron chi connectivity index (χ0n) is 8.98. The van der Waals surface area contributed by atoms with Gasteiger partial charge in [0.05, 0.1) is 5.60 Å². The lowest BCUT2D eigenvalue weighted by Crippen LogP contribution is -2.30. The second-order valence-electron chi connectivity index (χ2n) is 4.98. The van der Waals surface area contributed by atoms with Crippen LogP contribution in [0.25, 0.3) is 0 Å². The molecule has 1 nitrogen and oxygen atoms in total. The maximum absolute atomic E-state index is 6.22. The molecule has 78 valence electrons. The predicted molar refractivity (Wildman–Crippen MR) is 57.1 cm³/mol. The first-order chi connectivity index (χ1) is 5.99. The second kappa shape index (κ2) is 4.65. The van der Waals surface area contributed by atoms with Crippen molar-refractivity contribution >= 4 is 11.6 Å². The molecule has 0 amide bonds. The summed E-state index contributed by atoms with van der Waals surface area (Å²) in [7, 11) is 0. The van der Waals surface area contributed by atoms with Crippen LogP contribution in [0.2, 0.25) is 0 Å². The first-order valence-electron chi connectivity index (χ1n) is 5.31. The Morgan fingerprint density at radius 2 is 1.69 bits per heavy atom. The highest BCUT2D eigenvalue weighted by Crippen LogP contribution is 2.31. The van der Waals surface area contributed by atoms with Gasteiger partial charge in [0, 0.05) is 0 Å². The molecular weight excluding hydrogens is 184 g/mol. The summed E-state index contributed by atoms with van der Waals surface area (Å²) in [5.41, 5.74) is -0.190. The van der Waals surface area contributed by atoms with Crippen molar-refractivity contribution in [2.24, 2.45) is 5.92 Å². The highest BCUT2D eigenvalue weighted by molar-refractivity contribution is 6.19. The van der Waals surface area contributed by atoms with Gasteiger partial charge in [-0.1, -0.05) is 30.9 Å². The Balaban J connectivity index is 2.33. The Labute approximate surface area is 86.8 Å². The summed E-state index contributed by atoms with van der Waals surface area (Å²) in [6, 6.07) is 0. The Bertz CT molecular complexity index is 145. The maximum Gasteiger partial charge on any atom is 0.134 e. The average molecular weight is 205 g/mol. The Kier molecular flexibility index (Phi) is 4.06. The van der Waals surface area contributed by atoms with E-state index in [1.54, 1.807) is 0 Å². The lowest BCUT2D eigenvalue weighted by molar-refractivity contribution is -0.0510. The number of rotatable bonds is 2. The number of ether oxygens (including phenoxy) is 1. The molecule has 0 heterocycles. The fraction of sp³-hybridized carbons (Fsp3) is 1.00. The summed E-state index contributed by atoms with van der Waals surface area (Å²) in [5.74, 6) is 0.578. The van der Waals surface area contributed by atoms with E-state index in [0.29, 0.717) is 5.92 Å². The largest absolute Gasteiger partial charge is 0.357 e. The van der Waals surface area contributed by atoms with Gasteiger partial charge >= 0.3 is 0 Å². The molecule has 1 rings (SSSR count). The van der Waals surface area contributed by atoms with Crippen LogP contribution in [-0.2, 0) is 4.74 Å². The van der Waals surface area contributed by atoms with Crippen LogP contribution in [0.5, 0.6) is 0 Å². The molecule has 0 aromatic carbocycles. The van der Waals surface area contributed by atoms with Crippen molar-refractivity contribution < 1.29 is 4.74 Å². The minimum Gasteiger partial charge on any atom is -0.357 e. The van der Waals surface area contributed by atoms with Gasteiger partial charge in [-0.2, -0.15) is 0 Å². The number of hydrogen-bond donors (Lipinski definition) is 0. The van der Waals surface area contributed by atoms with Crippen molar-refractivity contribution in [1.29, 1.82) is 0 Å². The standard InChI is InChI=1S/C11H21ClO/c1-11(2,3)13-10(12)9-7-5-4-6-8-9/h9-10H,4-8H2,1-3H3. The molecule has 0 aromatic rings. The maximum atomic E-state index is 6.22. The van der Waals surface area contributed by atoms with Gasteiger partial charge in [-0.3, -0.25) is 0 Å². The highest BCUT2D eigenvalue weighted by atomic mass is 35.5. The summed E-state index contributed by atoms with van der Waals surface area (Å²) >= 11 is 6.22. The molecule has 1 unspecified atom stereocenters. The minimum atomic E-state index is -0.107. The molecule has 0 aromatic heterocycles. The van der Waals surface area contributed by atoms with Gasteiger partial charge in [0.25, 0.3) is 0 Å². The third-order valence-corrected chi connectivity index (χ3v) is 2.93. The number of halogens is 1. The Hall–Kier alpha value is 0.250. The second-order valence-corrected chi connectivity index (χ2v) is 5.41. The zero-order valence-corrected chi connectivity index (χ0v) is 9.73. The van der Waals surface area contributed by atoms with Crippen LogP contribution in [0.3, 0.4) is 0 Å². The van der Waals surface area contributed by atoms with Crippen LogP contribution < -0.4 is 0 Å². The summed E-state index contributed by atoms with van der Waals surface area (Å²) in [5, 5.41) is 0. The molecule has 1 fully saturated rings. The summed E-state index contributed by atoms with van der Waals surface area (Å²) in [6.45, 7) is 6.18. The summed E-state index contributed by atoms with van der Waals surface area (Å²) in [4.78, 5) is 0. The highest BCUT2D eigenvalue weighted by Gasteiger charge is 2.26. The van der Waals surface area contributed by atoms with Crippen LogP contribution in [0.4, 0.5) is 0 Å². The quantitative estimate of drug-likeness (QED) is 0.619. The zero-order chi connectivity index (χ0) is 9.90. The minimum absolute atomic E-state index is 0.0831. The van der Waals surface area contributed by atoms with Crippen LogP contribution in [0, 0.1) is 5.92 Å². The normalized spacial score (nSPS) is 23.1. The van der Waals surface area contributed by atoms with Gasteiger partial charge in [0.15, 0.2) is 0 Å². The van der Waals surface area contributed by atoms with Crippen LogP contribution >= 0.6 is 11.6 Å². The fourth-order valence-electron chi connectivity index (χ4n) is 1.83. The molecule has 13 heavy (non-hydrogen) atoms. The van der Waals surface area contributed by atoms with Gasteiger partial charge in [-0.05, 0) is 39.5 Å². The van der Waals surface area contributed by atoms with Crippen LogP contribution in [0.15, 0.2) is 0 Å². The smallest absolute Gasteiger partial charge is 0.134 e. The SMILES string of the molecule is CC(C)(C)OC(Cl)C1CCCCC1. The van der Waals surface area contributed by atoms with Crippen molar-refractivity contribution in [1.82, 2.24) is 0 Å². The molecule has 0 N–H and O–H groups in total. The predicted octanol–water partition coefficient (Wildman–Crippen LogP) is 3.95. The van der Waals surface area contributed by atoms with Gasteiger partial charge in [-0.15, -0.1) is 0 Å². The average Bonchev–Trinajstić information content (AvgIpc) is 2.03. The van der Waals surface area contributed by atoms with E-state index in [-0.39, 0.29) is 11.2 Å². The van der Waals surface area contributed by atoms with Crippen molar-refractivity contribution in [2.75, 3.05) is 0 Å². The molecule has 2 heteroatoms. The first-order valence-corrected chi connectivity index (χ1v) is 5.74. The van der Waals surface area contributed by atoms with E-state index in [0.717, 1.165) is 0 Å². The van der Waals surface area contributed by atoms with Crippen molar-refractivity contribution in [3.05, 3.63) is 0 Å². The monoisotopic (exact) mass is 204 g/mol. The summed E-state index contributed by atoms with van der Waals surface area (Å²) in [6.07, 6.45) is 6.49. The number of hydrogen-bond acceptors (Lipinski definition) is 1. The molecule has 1 aliphatic rings. The molecule has 1 aliphatic carbocycles. The Morgan fingerprint density at radius 3 is 2.15 bits per heavy atom.